The van der Waals surface area contributed by atoms with Crippen LogP contribution in [0.2, 0.25) is 0 Å². The SMILES string of the molecule is Cc1cc(C)c(C(=O)N2CCN(c3cccc4c3NC(=O)C4)CC2)cc1CN1CCN(c2ccccc2C#N)CC1. The summed E-state index contributed by atoms with van der Waals surface area (Å²) in [7, 11) is 0. The normalized spacial score (nSPS) is 17.3. The molecule has 3 heterocycles. The Morgan fingerprint density at radius 3 is 2.29 bits per heavy atom. The number of piperazine rings is 2. The first-order chi connectivity index (χ1) is 19.9. The summed E-state index contributed by atoms with van der Waals surface area (Å²) in [6.45, 7) is 11.3. The van der Waals surface area contributed by atoms with Crippen molar-refractivity contribution in [2.45, 2.75) is 26.8 Å². The molecule has 3 aromatic carbocycles. The molecule has 2 amide bonds. The molecule has 0 atom stereocenters. The van der Waals surface area contributed by atoms with Crippen LogP contribution in [0.15, 0.2) is 54.6 Å². The van der Waals surface area contributed by atoms with E-state index in [0.717, 1.165) is 85.1 Å². The number of aryl methyl sites for hydroxylation is 2. The maximum atomic E-state index is 13.7. The number of nitriles is 1. The van der Waals surface area contributed by atoms with Crippen molar-refractivity contribution in [3.63, 3.8) is 0 Å². The van der Waals surface area contributed by atoms with Gasteiger partial charge in [-0.2, -0.15) is 5.26 Å². The minimum absolute atomic E-state index is 0.0399. The molecule has 0 spiro atoms. The van der Waals surface area contributed by atoms with Crippen molar-refractivity contribution >= 4 is 28.9 Å². The molecule has 0 unspecified atom stereocenters. The number of anilines is 3. The van der Waals surface area contributed by atoms with Gasteiger partial charge in [0.1, 0.15) is 6.07 Å². The Labute approximate surface area is 241 Å². The lowest BCUT2D eigenvalue weighted by molar-refractivity contribution is -0.115. The molecular formula is C33H36N6O2. The molecule has 3 aliphatic heterocycles. The number of hydrogen-bond donors (Lipinski definition) is 1. The molecule has 8 heteroatoms. The number of nitrogens with zero attached hydrogens (tertiary/aromatic N) is 5. The maximum absolute atomic E-state index is 13.7. The Bertz CT molecular complexity index is 1530. The first-order valence-corrected chi connectivity index (χ1v) is 14.4. The molecular weight excluding hydrogens is 512 g/mol. The van der Waals surface area contributed by atoms with Crippen LogP contribution in [-0.4, -0.2) is 74.0 Å². The highest BCUT2D eigenvalue weighted by molar-refractivity contribution is 6.03. The van der Waals surface area contributed by atoms with Gasteiger partial charge in [0, 0.05) is 64.5 Å². The molecule has 6 rings (SSSR count). The monoisotopic (exact) mass is 548 g/mol. The van der Waals surface area contributed by atoms with Crippen LogP contribution in [0.5, 0.6) is 0 Å². The lowest BCUT2D eigenvalue weighted by Crippen LogP contribution is -2.49. The molecule has 0 aromatic heterocycles. The van der Waals surface area contributed by atoms with Gasteiger partial charge >= 0.3 is 0 Å². The van der Waals surface area contributed by atoms with E-state index < -0.39 is 0 Å². The van der Waals surface area contributed by atoms with E-state index in [-0.39, 0.29) is 11.8 Å². The van der Waals surface area contributed by atoms with Gasteiger partial charge in [0.15, 0.2) is 0 Å². The third kappa shape index (κ3) is 5.38. The van der Waals surface area contributed by atoms with Crippen LogP contribution in [0.1, 0.15) is 38.2 Å². The topological polar surface area (TPSA) is 82.9 Å². The number of rotatable bonds is 5. The number of benzene rings is 3. The molecule has 3 aliphatic rings. The first kappa shape index (κ1) is 26.9. The number of hydrogen-bond acceptors (Lipinski definition) is 6. The minimum atomic E-state index is 0.0399. The number of para-hydroxylation sites is 2. The van der Waals surface area contributed by atoms with Crippen molar-refractivity contribution in [1.29, 1.82) is 5.26 Å². The van der Waals surface area contributed by atoms with E-state index in [1.807, 2.05) is 48.2 Å². The van der Waals surface area contributed by atoms with E-state index in [1.165, 1.54) is 11.1 Å². The molecule has 3 aromatic rings. The molecule has 0 bridgehead atoms. The smallest absolute Gasteiger partial charge is 0.254 e. The number of carbonyl (C=O) groups excluding carboxylic acids is 2. The summed E-state index contributed by atoms with van der Waals surface area (Å²) in [6.07, 6.45) is 0.432. The third-order valence-corrected chi connectivity index (χ3v) is 8.70. The van der Waals surface area contributed by atoms with Crippen molar-refractivity contribution in [2.75, 3.05) is 67.5 Å². The maximum Gasteiger partial charge on any atom is 0.254 e. The fourth-order valence-electron chi connectivity index (χ4n) is 6.35. The van der Waals surface area contributed by atoms with E-state index >= 15 is 0 Å². The summed E-state index contributed by atoms with van der Waals surface area (Å²) in [5, 5.41) is 12.5. The summed E-state index contributed by atoms with van der Waals surface area (Å²) < 4.78 is 0. The lowest BCUT2D eigenvalue weighted by atomic mass is 9.98. The van der Waals surface area contributed by atoms with Crippen molar-refractivity contribution in [2.24, 2.45) is 0 Å². The Morgan fingerprint density at radius 1 is 0.854 bits per heavy atom. The molecule has 2 saturated heterocycles. The number of amides is 2. The van der Waals surface area contributed by atoms with Gasteiger partial charge in [0.05, 0.1) is 29.0 Å². The van der Waals surface area contributed by atoms with Crippen LogP contribution < -0.4 is 15.1 Å². The van der Waals surface area contributed by atoms with Crippen molar-refractivity contribution < 1.29 is 9.59 Å². The largest absolute Gasteiger partial charge is 0.368 e. The zero-order valence-corrected chi connectivity index (χ0v) is 23.8. The Hall–Kier alpha value is -4.35. The van der Waals surface area contributed by atoms with Crippen molar-refractivity contribution in [3.05, 3.63) is 88.0 Å². The van der Waals surface area contributed by atoms with Gasteiger partial charge in [-0.1, -0.05) is 30.3 Å². The Kier molecular flexibility index (Phi) is 7.38. The summed E-state index contributed by atoms with van der Waals surface area (Å²) >= 11 is 0. The minimum Gasteiger partial charge on any atom is -0.368 e. The quantitative estimate of drug-likeness (QED) is 0.520. The van der Waals surface area contributed by atoms with Crippen molar-refractivity contribution in [1.82, 2.24) is 9.80 Å². The van der Waals surface area contributed by atoms with Crippen LogP contribution in [-0.2, 0) is 17.8 Å². The first-order valence-electron chi connectivity index (χ1n) is 14.4. The Morgan fingerprint density at radius 2 is 1.54 bits per heavy atom. The second-order valence-corrected chi connectivity index (χ2v) is 11.3. The van der Waals surface area contributed by atoms with E-state index in [4.69, 9.17) is 0 Å². The molecule has 1 N–H and O–H groups in total. The van der Waals surface area contributed by atoms with Gasteiger partial charge in [0.2, 0.25) is 5.91 Å². The van der Waals surface area contributed by atoms with E-state index in [0.29, 0.717) is 19.5 Å². The van der Waals surface area contributed by atoms with Crippen molar-refractivity contribution in [3.8, 4) is 6.07 Å². The third-order valence-electron chi connectivity index (χ3n) is 8.70. The molecule has 0 aliphatic carbocycles. The predicted molar refractivity (Wildman–Crippen MR) is 161 cm³/mol. The van der Waals surface area contributed by atoms with Gasteiger partial charge in [-0.3, -0.25) is 14.5 Å². The van der Waals surface area contributed by atoms with Crippen LogP contribution in [0.3, 0.4) is 0 Å². The summed E-state index contributed by atoms with van der Waals surface area (Å²) in [6, 6.07) is 20.4. The predicted octanol–water partition coefficient (Wildman–Crippen LogP) is 3.95. The summed E-state index contributed by atoms with van der Waals surface area (Å²) in [4.78, 5) is 34.6. The van der Waals surface area contributed by atoms with Crippen LogP contribution in [0.4, 0.5) is 17.1 Å². The summed E-state index contributed by atoms with van der Waals surface area (Å²) in [5.41, 5.74) is 8.95. The lowest BCUT2D eigenvalue weighted by Gasteiger charge is -2.37. The van der Waals surface area contributed by atoms with Crippen LogP contribution in [0, 0.1) is 25.2 Å². The average Bonchev–Trinajstić information content (AvgIpc) is 3.39. The van der Waals surface area contributed by atoms with E-state index in [1.54, 1.807) is 0 Å². The fourth-order valence-corrected chi connectivity index (χ4v) is 6.35. The van der Waals surface area contributed by atoms with Crippen LogP contribution >= 0.6 is 0 Å². The molecule has 0 saturated carbocycles. The summed E-state index contributed by atoms with van der Waals surface area (Å²) in [5.74, 6) is 0.131. The second-order valence-electron chi connectivity index (χ2n) is 11.3. The second kappa shape index (κ2) is 11.3. The van der Waals surface area contributed by atoms with Gasteiger partial charge in [0.25, 0.3) is 5.91 Å². The van der Waals surface area contributed by atoms with Gasteiger partial charge in [-0.05, 0) is 60.4 Å². The molecule has 2 fully saturated rings. The number of nitrogens with one attached hydrogen (secondary N) is 1. The standard InChI is InChI=1S/C33H36N6O2/c1-23-18-24(2)28(19-27(23)22-36-10-12-37(13-11-36)29-8-4-3-6-26(29)21-34)33(41)39-16-14-38(15-17-39)30-9-5-7-25-20-31(40)35-32(25)30/h3-9,18-19H,10-17,20,22H2,1-2H3,(H,35,40). The molecule has 41 heavy (non-hydrogen) atoms. The van der Waals surface area contributed by atoms with E-state index in [2.05, 4.69) is 51.2 Å². The average molecular weight is 549 g/mol. The van der Waals surface area contributed by atoms with E-state index in [9.17, 15) is 14.9 Å². The zero-order chi connectivity index (χ0) is 28.5. The van der Waals surface area contributed by atoms with Gasteiger partial charge < -0.3 is 20.0 Å². The molecule has 8 nitrogen and oxygen atoms in total. The molecule has 210 valence electrons. The highest BCUT2D eigenvalue weighted by Crippen LogP contribution is 2.34. The Balaban J connectivity index is 1.10. The highest BCUT2D eigenvalue weighted by Gasteiger charge is 2.28. The number of fused-ring (bicyclic) bond motifs is 1. The van der Waals surface area contributed by atoms with Crippen LogP contribution in [0.25, 0.3) is 0 Å². The van der Waals surface area contributed by atoms with Gasteiger partial charge in [-0.15, -0.1) is 0 Å². The van der Waals surface area contributed by atoms with Gasteiger partial charge in [-0.25, -0.2) is 0 Å². The highest BCUT2D eigenvalue weighted by atomic mass is 16.2. The molecule has 0 radical (unpaired) electrons. The fraction of sp³-hybridized carbons (Fsp3) is 0.364. The zero-order valence-electron chi connectivity index (χ0n) is 23.8. The number of carbonyl (C=O) groups is 2.